The Morgan fingerprint density at radius 2 is 2.10 bits per heavy atom. The smallest absolute Gasteiger partial charge is 0.253 e. The average molecular weight is 273 g/mol. The SMILES string of the molecule is COCc1cc(=O)n(Cc2cccc(C(C)C)n2)cn1. The standard InChI is InChI=1S/C15H19N3O2/c1-11(2)14-6-4-5-12(17-14)8-18-10-16-13(9-20-3)7-15(18)19/h4-7,10-11H,8-9H2,1-3H3. The van der Waals surface area contributed by atoms with Crippen molar-refractivity contribution in [1.29, 1.82) is 0 Å². The van der Waals surface area contributed by atoms with E-state index in [1.54, 1.807) is 18.0 Å². The summed E-state index contributed by atoms with van der Waals surface area (Å²) in [7, 11) is 1.58. The minimum absolute atomic E-state index is 0.0937. The van der Waals surface area contributed by atoms with Gasteiger partial charge in [0.15, 0.2) is 0 Å². The van der Waals surface area contributed by atoms with E-state index in [1.165, 1.54) is 6.07 Å². The molecular formula is C15H19N3O2. The Morgan fingerprint density at radius 3 is 2.75 bits per heavy atom. The summed E-state index contributed by atoms with van der Waals surface area (Å²) in [6, 6.07) is 7.38. The lowest BCUT2D eigenvalue weighted by molar-refractivity contribution is 0.181. The molecule has 0 aliphatic rings. The Morgan fingerprint density at radius 1 is 1.30 bits per heavy atom. The van der Waals surface area contributed by atoms with Crippen LogP contribution in [0.25, 0.3) is 0 Å². The molecule has 20 heavy (non-hydrogen) atoms. The minimum Gasteiger partial charge on any atom is -0.378 e. The van der Waals surface area contributed by atoms with Gasteiger partial charge in [-0.15, -0.1) is 0 Å². The molecule has 2 rings (SSSR count). The van der Waals surface area contributed by atoms with Crippen LogP contribution in [-0.2, 0) is 17.9 Å². The molecule has 0 saturated carbocycles. The normalized spacial score (nSPS) is 11.0. The van der Waals surface area contributed by atoms with Crippen molar-refractivity contribution >= 4 is 0 Å². The zero-order valence-corrected chi connectivity index (χ0v) is 12.0. The van der Waals surface area contributed by atoms with Crippen molar-refractivity contribution in [3.8, 4) is 0 Å². The number of aromatic nitrogens is 3. The minimum atomic E-state index is -0.0937. The molecule has 106 valence electrons. The Bertz CT molecular complexity index is 635. The highest BCUT2D eigenvalue weighted by molar-refractivity contribution is 5.14. The molecule has 0 aromatic carbocycles. The predicted octanol–water partition coefficient (Wildman–Crippen LogP) is 1.96. The van der Waals surface area contributed by atoms with Crippen molar-refractivity contribution in [1.82, 2.24) is 14.5 Å². The van der Waals surface area contributed by atoms with Crippen LogP contribution < -0.4 is 5.56 Å². The molecule has 0 aliphatic carbocycles. The Hall–Kier alpha value is -2.01. The molecule has 2 aromatic rings. The summed E-state index contributed by atoms with van der Waals surface area (Å²) in [6.45, 7) is 4.97. The van der Waals surface area contributed by atoms with E-state index in [9.17, 15) is 4.79 Å². The van der Waals surface area contributed by atoms with Crippen LogP contribution in [0.1, 0.15) is 36.8 Å². The number of pyridine rings is 1. The predicted molar refractivity (Wildman–Crippen MR) is 76.6 cm³/mol. The van der Waals surface area contributed by atoms with Crippen LogP contribution in [0, 0.1) is 0 Å². The van der Waals surface area contributed by atoms with Crippen molar-refractivity contribution < 1.29 is 4.74 Å². The molecule has 5 nitrogen and oxygen atoms in total. The largest absolute Gasteiger partial charge is 0.378 e. The summed E-state index contributed by atoms with van der Waals surface area (Å²) >= 11 is 0. The van der Waals surface area contributed by atoms with Gasteiger partial charge in [0.1, 0.15) is 0 Å². The molecule has 0 spiro atoms. The summed E-state index contributed by atoms with van der Waals surface area (Å²) in [5, 5.41) is 0. The third-order valence-corrected chi connectivity index (χ3v) is 2.98. The molecule has 0 amide bonds. The number of ether oxygens (including phenoxy) is 1. The average Bonchev–Trinajstić information content (AvgIpc) is 2.42. The van der Waals surface area contributed by atoms with Gasteiger partial charge in [-0.2, -0.15) is 0 Å². The van der Waals surface area contributed by atoms with E-state index in [-0.39, 0.29) is 5.56 Å². The molecule has 0 saturated heterocycles. The van der Waals surface area contributed by atoms with Crippen molar-refractivity contribution in [2.45, 2.75) is 32.9 Å². The van der Waals surface area contributed by atoms with Gasteiger partial charge in [0.2, 0.25) is 0 Å². The maximum atomic E-state index is 12.0. The summed E-state index contributed by atoms with van der Waals surface area (Å²) in [5.41, 5.74) is 2.43. The fourth-order valence-electron chi connectivity index (χ4n) is 1.89. The molecule has 0 bridgehead atoms. The van der Waals surface area contributed by atoms with Gasteiger partial charge in [-0.1, -0.05) is 19.9 Å². The number of hydrogen-bond acceptors (Lipinski definition) is 4. The highest BCUT2D eigenvalue weighted by atomic mass is 16.5. The summed E-state index contributed by atoms with van der Waals surface area (Å²) in [6.07, 6.45) is 1.54. The van der Waals surface area contributed by atoms with Gasteiger partial charge >= 0.3 is 0 Å². The highest BCUT2D eigenvalue weighted by Crippen LogP contribution is 2.11. The van der Waals surface area contributed by atoms with E-state index in [0.29, 0.717) is 24.8 Å². The zero-order valence-electron chi connectivity index (χ0n) is 12.0. The molecule has 0 N–H and O–H groups in total. The first-order valence-electron chi connectivity index (χ1n) is 6.60. The lowest BCUT2D eigenvalue weighted by Crippen LogP contribution is -2.22. The lowest BCUT2D eigenvalue weighted by Gasteiger charge is -2.09. The van der Waals surface area contributed by atoms with E-state index in [0.717, 1.165) is 11.4 Å². The molecule has 2 aromatic heterocycles. The van der Waals surface area contributed by atoms with Crippen LogP contribution in [-0.4, -0.2) is 21.6 Å². The number of nitrogens with zero attached hydrogens (tertiary/aromatic N) is 3. The van der Waals surface area contributed by atoms with Gasteiger partial charge in [-0.05, 0) is 18.1 Å². The summed E-state index contributed by atoms with van der Waals surface area (Å²) in [4.78, 5) is 20.7. The molecule has 0 radical (unpaired) electrons. The van der Waals surface area contributed by atoms with Crippen molar-refractivity contribution in [2.75, 3.05) is 7.11 Å². The van der Waals surface area contributed by atoms with Crippen molar-refractivity contribution in [3.63, 3.8) is 0 Å². The number of rotatable bonds is 5. The second-order valence-electron chi connectivity index (χ2n) is 4.99. The summed E-state index contributed by atoms with van der Waals surface area (Å²) in [5.74, 6) is 0.369. The number of methoxy groups -OCH3 is 1. The van der Waals surface area contributed by atoms with E-state index >= 15 is 0 Å². The third kappa shape index (κ3) is 3.51. The Labute approximate surface area is 118 Å². The van der Waals surface area contributed by atoms with E-state index in [1.807, 2.05) is 18.2 Å². The molecule has 0 aliphatic heterocycles. The van der Waals surface area contributed by atoms with Gasteiger partial charge in [-0.25, -0.2) is 4.98 Å². The van der Waals surface area contributed by atoms with Crippen molar-refractivity contribution in [2.24, 2.45) is 0 Å². The first-order valence-corrected chi connectivity index (χ1v) is 6.60. The number of hydrogen-bond donors (Lipinski definition) is 0. The fraction of sp³-hybridized carbons (Fsp3) is 0.400. The van der Waals surface area contributed by atoms with Crippen molar-refractivity contribution in [3.05, 3.63) is 58.0 Å². The van der Waals surface area contributed by atoms with Crippen LogP contribution >= 0.6 is 0 Å². The third-order valence-electron chi connectivity index (χ3n) is 2.98. The maximum absolute atomic E-state index is 12.0. The quantitative estimate of drug-likeness (QED) is 0.835. The molecular weight excluding hydrogens is 254 g/mol. The Kier molecular flexibility index (Phi) is 4.63. The van der Waals surface area contributed by atoms with Gasteiger partial charge in [0.05, 0.1) is 30.9 Å². The molecule has 5 heteroatoms. The van der Waals surface area contributed by atoms with Gasteiger partial charge in [0.25, 0.3) is 5.56 Å². The maximum Gasteiger partial charge on any atom is 0.253 e. The Balaban J connectivity index is 2.22. The molecule has 0 unspecified atom stereocenters. The highest BCUT2D eigenvalue weighted by Gasteiger charge is 2.05. The van der Waals surface area contributed by atoms with Crippen LogP contribution in [0.5, 0.6) is 0 Å². The first kappa shape index (κ1) is 14.4. The van der Waals surface area contributed by atoms with Crippen LogP contribution in [0.2, 0.25) is 0 Å². The van der Waals surface area contributed by atoms with E-state index in [4.69, 9.17) is 4.74 Å². The molecule has 0 fully saturated rings. The second kappa shape index (κ2) is 6.43. The summed E-state index contributed by atoms with van der Waals surface area (Å²) < 4.78 is 6.51. The monoisotopic (exact) mass is 273 g/mol. The fourth-order valence-corrected chi connectivity index (χ4v) is 1.89. The topological polar surface area (TPSA) is 57.0 Å². The van der Waals surface area contributed by atoms with Crippen LogP contribution in [0.15, 0.2) is 35.4 Å². The second-order valence-corrected chi connectivity index (χ2v) is 4.99. The molecule has 0 atom stereocenters. The van der Waals surface area contributed by atoms with Gasteiger partial charge < -0.3 is 4.74 Å². The van der Waals surface area contributed by atoms with E-state index in [2.05, 4.69) is 23.8 Å². The zero-order chi connectivity index (χ0) is 14.5. The first-order chi connectivity index (χ1) is 9.60. The van der Waals surface area contributed by atoms with Gasteiger partial charge in [0, 0.05) is 18.9 Å². The van der Waals surface area contributed by atoms with E-state index < -0.39 is 0 Å². The van der Waals surface area contributed by atoms with Crippen LogP contribution in [0.4, 0.5) is 0 Å². The molecule has 2 heterocycles. The lowest BCUT2D eigenvalue weighted by atomic mass is 10.1. The van der Waals surface area contributed by atoms with Gasteiger partial charge in [-0.3, -0.25) is 14.3 Å². The van der Waals surface area contributed by atoms with Crippen LogP contribution in [0.3, 0.4) is 0 Å².